The third-order valence-electron chi connectivity index (χ3n) is 5.02. The van der Waals surface area contributed by atoms with Crippen molar-refractivity contribution in [3.05, 3.63) is 45.4 Å². The predicted octanol–water partition coefficient (Wildman–Crippen LogP) is 4.91. The number of thiophene rings is 1. The molecule has 0 radical (unpaired) electrons. The number of hydrogen-bond donors (Lipinski definition) is 0. The Hall–Kier alpha value is -2.09. The van der Waals surface area contributed by atoms with Crippen molar-refractivity contribution in [2.24, 2.45) is 0 Å². The minimum Gasteiger partial charge on any atom is -0.454 e. The fraction of sp³-hybridized carbons (Fsp3) is 0.368. The molecule has 27 heavy (non-hydrogen) atoms. The molecule has 2 aromatic heterocycles. The summed E-state index contributed by atoms with van der Waals surface area (Å²) in [5.74, 6) is 2.71. The highest BCUT2D eigenvalue weighted by atomic mass is 35.5. The van der Waals surface area contributed by atoms with Crippen LogP contribution in [0.25, 0.3) is 11.5 Å². The average molecular weight is 404 g/mol. The van der Waals surface area contributed by atoms with E-state index in [0.717, 1.165) is 42.7 Å². The summed E-state index contributed by atoms with van der Waals surface area (Å²) < 4.78 is 16.9. The summed E-state index contributed by atoms with van der Waals surface area (Å²) in [5.41, 5.74) is 1.99. The van der Waals surface area contributed by atoms with Gasteiger partial charge >= 0.3 is 0 Å². The molecule has 2 aliphatic rings. The van der Waals surface area contributed by atoms with E-state index in [1.807, 2.05) is 29.0 Å². The lowest BCUT2D eigenvalue weighted by Crippen LogP contribution is -2.33. The van der Waals surface area contributed by atoms with E-state index in [1.165, 1.54) is 0 Å². The zero-order chi connectivity index (χ0) is 18.2. The van der Waals surface area contributed by atoms with Crippen molar-refractivity contribution in [2.45, 2.75) is 31.8 Å². The van der Waals surface area contributed by atoms with Crippen molar-refractivity contribution >= 4 is 22.9 Å². The first-order chi connectivity index (χ1) is 13.3. The van der Waals surface area contributed by atoms with Crippen LogP contribution in [-0.4, -0.2) is 28.4 Å². The van der Waals surface area contributed by atoms with Crippen LogP contribution in [0.15, 0.2) is 33.4 Å². The molecule has 0 N–H and O–H groups in total. The van der Waals surface area contributed by atoms with Crippen molar-refractivity contribution in [3.63, 3.8) is 0 Å². The maximum absolute atomic E-state index is 6.48. The lowest BCUT2D eigenvalue weighted by atomic mass is 10.0. The van der Waals surface area contributed by atoms with Gasteiger partial charge in [-0.15, -0.1) is 10.2 Å². The van der Waals surface area contributed by atoms with Gasteiger partial charge in [-0.05, 0) is 42.5 Å². The van der Waals surface area contributed by atoms with Crippen molar-refractivity contribution in [1.82, 2.24) is 15.1 Å². The van der Waals surface area contributed by atoms with Gasteiger partial charge in [-0.2, -0.15) is 11.3 Å². The Labute approximate surface area is 165 Å². The molecule has 2 aliphatic heterocycles. The molecule has 6 nitrogen and oxygen atoms in total. The number of hydrogen-bond acceptors (Lipinski definition) is 7. The molecule has 1 aromatic carbocycles. The maximum atomic E-state index is 6.48. The Balaban J connectivity index is 1.40. The van der Waals surface area contributed by atoms with Crippen molar-refractivity contribution in [1.29, 1.82) is 0 Å². The van der Waals surface area contributed by atoms with Gasteiger partial charge in [0.05, 0.1) is 6.04 Å². The number of fused-ring (bicyclic) bond motifs is 1. The van der Waals surface area contributed by atoms with E-state index in [4.69, 9.17) is 25.5 Å². The van der Waals surface area contributed by atoms with E-state index >= 15 is 0 Å². The second kappa shape index (κ2) is 7.14. The van der Waals surface area contributed by atoms with E-state index in [0.29, 0.717) is 29.1 Å². The van der Waals surface area contributed by atoms with E-state index in [2.05, 4.69) is 15.1 Å². The quantitative estimate of drug-likeness (QED) is 0.617. The van der Waals surface area contributed by atoms with Crippen molar-refractivity contribution < 1.29 is 13.9 Å². The summed E-state index contributed by atoms with van der Waals surface area (Å²) in [4.78, 5) is 2.36. The van der Waals surface area contributed by atoms with E-state index < -0.39 is 0 Å². The van der Waals surface area contributed by atoms with Gasteiger partial charge in [-0.3, -0.25) is 4.90 Å². The Kier molecular flexibility index (Phi) is 4.51. The van der Waals surface area contributed by atoms with Crippen LogP contribution in [0.4, 0.5) is 0 Å². The van der Waals surface area contributed by atoms with Crippen LogP contribution in [0, 0.1) is 0 Å². The highest BCUT2D eigenvalue weighted by Gasteiger charge is 2.30. The van der Waals surface area contributed by atoms with Gasteiger partial charge in [0.15, 0.2) is 11.5 Å². The van der Waals surface area contributed by atoms with Crippen LogP contribution in [0.2, 0.25) is 5.02 Å². The molecule has 1 fully saturated rings. The number of ether oxygens (including phenoxy) is 2. The number of likely N-dealkylation sites (tertiary alicyclic amines) is 1. The van der Waals surface area contributed by atoms with Crippen molar-refractivity contribution in [3.8, 4) is 23.0 Å². The molecular formula is C19H18ClN3O3S. The van der Waals surface area contributed by atoms with Gasteiger partial charge < -0.3 is 13.9 Å². The third-order valence-corrected chi connectivity index (χ3v) is 6.06. The molecule has 0 saturated carbocycles. The van der Waals surface area contributed by atoms with Gasteiger partial charge in [0.2, 0.25) is 18.6 Å². The minimum absolute atomic E-state index is 0.0973. The third kappa shape index (κ3) is 3.31. The number of halogens is 1. The lowest BCUT2D eigenvalue weighted by molar-refractivity contribution is 0.118. The first-order valence-corrected chi connectivity index (χ1v) is 10.3. The Morgan fingerprint density at radius 3 is 2.93 bits per heavy atom. The summed E-state index contributed by atoms with van der Waals surface area (Å²) in [6.45, 7) is 1.91. The van der Waals surface area contributed by atoms with Gasteiger partial charge in [-0.1, -0.05) is 18.0 Å². The second-order valence-electron chi connectivity index (χ2n) is 6.74. The average Bonchev–Trinajstić information content (AvgIpc) is 3.43. The molecule has 1 saturated heterocycles. The van der Waals surface area contributed by atoms with E-state index in [9.17, 15) is 0 Å². The SMILES string of the molecule is Clc1cc2c(cc1CN1CCCC[C@@H]1c1nnc(-c3ccsc3)o1)OCO2. The zero-order valence-corrected chi connectivity index (χ0v) is 16.1. The van der Waals surface area contributed by atoms with E-state index in [1.54, 1.807) is 11.3 Å². The molecule has 0 unspecified atom stereocenters. The summed E-state index contributed by atoms with van der Waals surface area (Å²) in [5, 5.41) is 13.3. The molecule has 0 amide bonds. The standard InChI is InChI=1S/C19H18ClN3O3S/c20-14-8-17-16(24-11-25-17)7-13(14)9-23-5-2-1-3-15(23)19-22-21-18(26-19)12-4-6-27-10-12/h4,6-8,10,15H,1-3,5,9,11H2/t15-/m1/s1. The highest BCUT2D eigenvalue weighted by molar-refractivity contribution is 7.08. The summed E-state index contributed by atoms with van der Waals surface area (Å²) in [6, 6.07) is 5.90. The molecule has 8 heteroatoms. The molecule has 0 bridgehead atoms. The number of aromatic nitrogens is 2. The van der Waals surface area contributed by atoms with Gasteiger partial charge in [0.1, 0.15) is 0 Å². The van der Waals surface area contributed by atoms with Crippen LogP contribution in [-0.2, 0) is 6.54 Å². The number of benzene rings is 1. The van der Waals surface area contributed by atoms with Gasteiger partial charge in [0, 0.05) is 28.6 Å². The monoisotopic (exact) mass is 403 g/mol. The molecule has 1 atom stereocenters. The molecule has 0 aliphatic carbocycles. The summed E-state index contributed by atoms with van der Waals surface area (Å²) >= 11 is 8.10. The lowest BCUT2D eigenvalue weighted by Gasteiger charge is -2.33. The summed E-state index contributed by atoms with van der Waals surface area (Å²) in [7, 11) is 0. The molecule has 140 valence electrons. The number of rotatable bonds is 4. The molecule has 5 rings (SSSR count). The Bertz CT molecular complexity index is 944. The molecule has 3 aromatic rings. The normalized spacial score (nSPS) is 19.5. The molecular weight excluding hydrogens is 386 g/mol. The fourth-order valence-corrected chi connectivity index (χ4v) is 4.47. The molecule has 0 spiro atoms. The molecule has 4 heterocycles. The largest absolute Gasteiger partial charge is 0.454 e. The maximum Gasteiger partial charge on any atom is 0.248 e. The Morgan fingerprint density at radius 2 is 2.07 bits per heavy atom. The topological polar surface area (TPSA) is 60.6 Å². The van der Waals surface area contributed by atoms with E-state index in [-0.39, 0.29) is 12.8 Å². The van der Waals surface area contributed by atoms with Crippen LogP contribution in [0.1, 0.15) is 36.8 Å². The van der Waals surface area contributed by atoms with Crippen LogP contribution >= 0.6 is 22.9 Å². The summed E-state index contributed by atoms with van der Waals surface area (Å²) in [6.07, 6.45) is 3.28. The van der Waals surface area contributed by atoms with Crippen LogP contribution in [0.5, 0.6) is 11.5 Å². The Morgan fingerprint density at radius 1 is 1.19 bits per heavy atom. The minimum atomic E-state index is 0.0973. The first-order valence-electron chi connectivity index (χ1n) is 8.96. The van der Waals surface area contributed by atoms with Crippen molar-refractivity contribution in [2.75, 3.05) is 13.3 Å². The fourth-order valence-electron chi connectivity index (χ4n) is 3.63. The second-order valence-corrected chi connectivity index (χ2v) is 7.92. The zero-order valence-electron chi connectivity index (χ0n) is 14.6. The van der Waals surface area contributed by atoms with Gasteiger partial charge in [0.25, 0.3) is 0 Å². The predicted molar refractivity (Wildman–Crippen MR) is 102 cm³/mol. The van der Waals surface area contributed by atoms with Crippen LogP contribution < -0.4 is 9.47 Å². The number of nitrogens with zero attached hydrogens (tertiary/aromatic N) is 3. The van der Waals surface area contributed by atoms with Crippen LogP contribution in [0.3, 0.4) is 0 Å². The van der Waals surface area contributed by atoms with Gasteiger partial charge in [-0.25, -0.2) is 0 Å². The number of piperidine rings is 1. The highest BCUT2D eigenvalue weighted by Crippen LogP contribution is 2.39. The smallest absolute Gasteiger partial charge is 0.248 e. The first kappa shape index (κ1) is 17.0.